The number of hydrogen-bond donors (Lipinski definition) is 1. The van der Waals surface area contributed by atoms with Crippen LogP contribution in [-0.2, 0) is 16.8 Å². The lowest BCUT2D eigenvalue weighted by Gasteiger charge is -2.37. The van der Waals surface area contributed by atoms with E-state index < -0.39 is 5.97 Å². The molecule has 0 radical (unpaired) electrons. The summed E-state index contributed by atoms with van der Waals surface area (Å²) in [5.41, 5.74) is 3.61. The van der Waals surface area contributed by atoms with Crippen molar-refractivity contribution in [2.45, 2.75) is 43.6 Å². The van der Waals surface area contributed by atoms with E-state index in [4.69, 9.17) is 26.2 Å². The number of carboxylic acids is 1. The van der Waals surface area contributed by atoms with Crippen molar-refractivity contribution in [2.24, 2.45) is 0 Å². The first kappa shape index (κ1) is 19.7. The summed E-state index contributed by atoms with van der Waals surface area (Å²) in [6.07, 6.45) is 4.29. The molecule has 2 aromatic rings. The highest BCUT2D eigenvalue weighted by atomic mass is 35.5. The molecule has 0 unspecified atom stereocenters. The Morgan fingerprint density at radius 3 is 2.77 bits per heavy atom. The minimum atomic E-state index is -0.765. The fourth-order valence-corrected chi connectivity index (χ4v) is 5.08. The fraction of sp³-hybridized carbons (Fsp3) is 0.458. The lowest BCUT2D eigenvalue weighted by Crippen LogP contribution is -2.45. The van der Waals surface area contributed by atoms with Crippen LogP contribution in [0.15, 0.2) is 36.4 Å². The Kier molecular flexibility index (Phi) is 5.11. The zero-order valence-corrected chi connectivity index (χ0v) is 17.7. The van der Waals surface area contributed by atoms with E-state index in [-0.39, 0.29) is 12.0 Å². The highest BCUT2D eigenvalue weighted by molar-refractivity contribution is 6.31. The van der Waals surface area contributed by atoms with E-state index in [0.717, 1.165) is 48.0 Å². The first-order valence-corrected chi connectivity index (χ1v) is 11.0. The molecule has 1 aliphatic carbocycles. The van der Waals surface area contributed by atoms with Gasteiger partial charge >= 0.3 is 5.97 Å². The molecule has 1 N–H and O–H groups in total. The van der Waals surface area contributed by atoms with Crippen LogP contribution in [0.3, 0.4) is 0 Å². The molecule has 0 amide bonds. The standard InChI is InChI=1S/C24H26ClNO4/c25-21-3-1-2-18(16-4-5-16)19(21)14-29-17-6-7-20-22(12-17)30-15-24(20)8-10-26(11-9-24)13-23(27)28/h1-3,6-7,12,16H,4-5,8-11,13-15H2,(H,27,28). The number of hydrogen-bond acceptors (Lipinski definition) is 4. The number of carboxylic acid groups (broad SMARTS) is 1. The number of benzene rings is 2. The van der Waals surface area contributed by atoms with E-state index in [1.54, 1.807) is 0 Å². The molecule has 1 saturated carbocycles. The van der Waals surface area contributed by atoms with Gasteiger partial charge in [0.15, 0.2) is 0 Å². The van der Waals surface area contributed by atoms with Gasteiger partial charge in [-0.1, -0.05) is 29.8 Å². The molecule has 6 heteroatoms. The van der Waals surface area contributed by atoms with E-state index in [1.807, 2.05) is 29.2 Å². The molecule has 2 fully saturated rings. The predicted octanol–water partition coefficient (Wildman–Crippen LogP) is 4.61. The maximum Gasteiger partial charge on any atom is 0.317 e. The Morgan fingerprint density at radius 2 is 2.03 bits per heavy atom. The number of carbonyl (C=O) groups is 1. The van der Waals surface area contributed by atoms with Crippen molar-refractivity contribution in [1.29, 1.82) is 0 Å². The number of halogens is 1. The Labute approximate surface area is 181 Å². The summed E-state index contributed by atoms with van der Waals surface area (Å²) >= 11 is 6.46. The lowest BCUT2D eigenvalue weighted by molar-refractivity contribution is -0.138. The van der Waals surface area contributed by atoms with Gasteiger partial charge < -0.3 is 14.6 Å². The summed E-state index contributed by atoms with van der Waals surface area (Å²) in [4.78, 5) is 13.0. The van der Waals surface area contributed by atoms with Gasteiger partial charge in [0.25, 0.3) is 0 Å². The Bertz CT molecular complexity index is 964. The van der Waals surface area contributed by atoms with Gasteiger partial charge in [-0.15, -0.1) is 0 Å². The minimum Gasteiger partial charge on any atom is -0.492 e. The van der Waals surface area contributed by atoms with Crippen LogP contribution < -0.4 is 9.47 Å². The summed E-state index contributed by atoms with van der Waals surface area (Å²) in [5.74, 6) is 1.54. The Morgan fingerprint density at radius 1 is 1.23 bits per heavy atom. The van der Waals surface area contributed by atoms with E-state index in [0.29, 0.717) is 19.1 Å². The number of likely N-dealkylation sites (tertiary alicyclic amines) is 1. The van der Waals surface area contributed by atoms with Crippen molar-refractivity contribution in [1.82, 2.24) is 4.90 Å². The minimum absolute atomic E-state index is 0.00918. The normalized spacial score (nSPS) is 20.0. The molecule has 5 rings (SSSR count). The highest BCUT2D eigenvalue weighted by Crippen LogP contribution is 2.47. The van der Waals surface area contributed by atoms with Crippen LogP contribution in [-0.4, -0.2) is 42.2 Å². The van der Waals surface area contributed by atoms with Gasteiger partial charge in [-0.2, -0.15) is 0 Å². The first-order valence-electron chi connectivity index (χ1n) is 10.7. The second-order valence-corrected chi connectivity index (χ2v) is 9.17. The summed E-state index contributed by atoms with van der Waals surface area (Å²) in [6, 6.07) is 12.2. The van der Waals surface area contributed by atoms with E-state index in [1.165, 1.54) is 24.0 Å². The fourth-order valence-electron chi connectivity index (χ4n) is 4.85. The molecule has 2 aliphatic heterocycles. The van der Waals surface area contributed by atoms with Gasteiger partial charge in [-0.05, 0) is 62.4 Å². The average Bonchev–Trinajstić information content (AvgIpc) is 3.52. The number of nitrogens with zero attached hydrogens (tertiary/aromatic N) is 1. The van der Waals surface area contributed by atoms with E-state index >= 15 is 0 Å². The van der Waals surface area contributed by atoms with Gasteiger partial charge in [0.2, 0.25) is 0 Å². The van der Waals surface area contributed by atoms with Crippen molar-refractivity contribution >= 4 is 17.6 Å². The van der Waals surface area contributed by atoms with Crippen molar-refractivity contribution in [2.75, 3.05) is 26.2 Å². The second-order valence-electron chi connectivity index (χ2n) is 8.77. The molecule has 3 aliphatic rings. The molecular weight excluding hydrogens is 402 g/mol. The molecule has 30 heavy (non-hydrogen) atoms. The summed E-state index contributed by atoms with van der Waals surface area (Å²) in [5, 5.41) is 9.79. The Balaban J connectivity index is 1.28. The van der Waals surface area contributed by atoms with E-state index in [2.05, 4.69) is 12.1 Å². The Hall–Kier alpha value is -2.24. The third-order valence-corrected chi connectivity index (χ3v) is 7.11. The third-order valence-electron chi connectivity index (χ3n) is 6.76. The predicted molar refractivity (Wildman–Crippen MR) is 115 cm³/mol. The van der Waals surface area contributed by atoms with Crippen LogP contribution in [0.25, 0.3) is 0 Å². The topological polar surface area (TPSA) is 59.0 Å². The number of ether oxygens (including phenoxy) is 2. The molecule has 1 spiro atoms. The molecule has 0 aromatic heterocycles. The number of piperidine rings is 1. The number of aliphatic carboxylic acids is 1. The van der Waals surface area contributed by atoms with Gasteiger partial charge in [0.1, 0.15) is 18.1 Å². The molecular formula is C24H26ClNO4. The highest BCUT2D eigenvalue weighted by Gasteiger charge is 2.43. The third kappa shape index (κ3) is 3.77. The first-order chi connectivity index (χ1) is 14.5. The van der Waals surface area contributed by atoms with Crippen molar-refractivity contribution in [3.63, 3.8) is 0 Å². The van der Waals surface area contributed by atoms with Crippen LogP contribution in [0.4, 0.5) is 0 Å². The smallest absolute Gasteiger partial charge is 0.317 e. The van der Waals surface area contributed by atoms with Crippen molar-refractivity contribution in [3.05, 3.63) is 58.1 Å². The van der Waals surface area contributed by atoms with Crippen LogP contribution in [0.5, 0.6) is 11.5 Å². The SMILES string of the molecule is O=C(O)CN1CCC2(CC1)COc1cc(OCc3c(Cl)cccc3C3CC3)ccc12. The monoisotopic (exact) mass is 427 g/mol. The largest absolute Gasteiger partial charge is 0.492 e. The zero-order chi connectivity index (χ0) is 20.7. The van der Waals surface area contributed by atoms with Crippen LogP contribution in [0.1, 0.15) is 48.3 Å². The molecule has 0 atom stereocenters. The summed E-state index contributed by atoms with van der Waals surface area (Å²) in [7, 11) is 0. The number of fused-ring (bicyclic) bond motifs is 2. The molecule has 5 nitrogen and oxygen atoms in total. The van der Waals surface area contributed by atoms with Gasteiger partial charge in [-0.3, -0.25) is 9.69 Å². The molecule has 1 saturated heterocycles. The average molecular weight is 428 g/mol. The number of rotatable bonds is 6. The molecule has 2 heterocycles. The second kappa shape index (κ2) is 7.78. The van der Waals surface area contributed by atoms with Crippen LogP contribution in [0.2, 0.25) is 5.02 Å². The van der Waals surface area contributed by atoms with Gasteiger partial charge in [-0.25, -0.2) is 0 Å². The molecule has 0 bridgehead atoms. The van der Waals surface area contributed by atoms with Gasteiger partial charge in [0.05, 0.1) is 13.2 Å². The lowest BCUT2D eigenvalue weighted by atomic mass is 9.74. The maximum atomic E-state index is 11.0. The van der Waals surface area contributed by atoms with E-state index in [9.17, 15) is 4.79 Å². The maximum absolute atomic E-state index is 11.0. The van der Waals surface area contributed by atoms with Crippen molar-refractivity contribution < 1.29 is 19.4 Å². The van der Waals surface area contributed by atoms with Crippen LogP contribution >= 0.6 is 11.6 Å². The molecule has 2 aromatic carbocycles. The summed E-state index contributed by atoms with van der Waals surface area (Å²) in [6.45, 7) is 2.79. The van der Waals surface area contributed by atoms with Gasteiger partial charge in [0, 0.05) is 27.6 Å². The quantitative estimate of drug-likeness (QED) is 0.729. The molecule has 158 valence electrons. The summed E-state index contributed by atoms with van der Waals surface area (Å²) < 4.78 is 12.2. The van der Waals surface area contributed by atoms with Crippen molar-refractivity contribution in [3.8, 4) is 11.5 Å². The zero-order valence-electron chi connectivity index (χ0n) is 16.9. The van der Waals surface area contributed by atoms with Crippen LogP contribution in [0, 0.1) is 0 Å².